The molecular formula is C24H21FN4O3. The van der Waals surface area contributed by atoms with E-state index in [-0.39, 0.29) is 30.1 Å². The topological polar surface area (TPSA) is 93.2 Å². The van der Waals surface area contributed by atoms with Crippen molar-refractivity contribution in [3.8, 4) is 17.3 Å². The molecule has 4 aromatic rings. The van der Waals surface area contributed by atoms with Gasteiger partial charge in [-0.15, -0.1) is 0 Å². The van der Waals surface area contributed by atoms with Crippen LogP contribution >= 0.6 is 0 Å². The first-order valence-corrected chi connectivity index (χ1v) is 10.3. The Balaban J connectivity index is 1.79. The molecule has 2 N–H and O–H groups in total. The van der Waals surface area contributed by atoms with Crippen molar-refractivity contribution in [2.45, 2.75) is 32.0 Å². The van der Waals surface area contributed by atoms with E-state index in [4.69, 9.17) is 0 Å². The van der Waals surface area contributed by atoms with Gasteiger partial charge in [0.1, 0.15) is 11.5 Å². The Kier molecular flexibility index (Phi) is 4.86. The number of hydrogen-bond acceptors (Lipinski definition) is 5. The lowest BCUT2D eigenvalue weighted by Gasteiger charge is -2.35. The normalized spacial score (nSPS) is 15.8. The summed E-state index contributed by atoms with van der Waals surface area (Å²) in [6.07, 6.45) is 2.62. The van der Waals surface area contributed by atoms with Crippen molar-refractivity contribution in [2.24, 2.45) is 0 Å². The van der Waals surface area contributed by atoms with E-state index in [0.717, 1.165) is 22.9 Å². The van der Waals surface area contributed by atoms with Crippen molar-refractivity contribution >= 4 is 0 Å². The molecule has 0 bridgehead atoms. The Bertz CT molecular complexity index is 1360. The van der Waals surface area contributed by atoms with Crippen molar-refractivity contribution in [1.82, 2.24) is 19.3 Å². The fourth-order valence-electron chi connectivity index (χ4n) is 4.57. The van der Waals surface area contributed by atoms with E-state index in [9.17, 15) is 19.4 Å². The van der Waals surface area contributed by atoms with Crippen LogP contribution in [-0.2, 0) is 13.2 Å². The molecule has 5 rings (SSSR count). The van der Waals surface area contributed by atoms with Crippen molar-refractivity contribution in [2.75, 3.05) is 0 Å². The molecule has 0 amide bonds. The predicted molar refractivity (Wildman–Crippen MR) is 116 cm³/mol. The fraction of sp³-hybridized carbons (Fsp3) is 0.208. The highest BCUT2D eigenvalue weighted by Crippen LogP contribution is 2.43. The van der Waals surface area contributed by atoms with Crippen molar-refractivity contribution in [3.05, 3.63) is 99.3 Å². The van der Waals surface area contributed by atoms with Crippen LogP contribution in [0.2, 0.25) is 0 Å². The zero-order chi connectivity index (χ0) is 22.4. The summed E-state index contributed by atoms with van der Waals surface area (Å²) in [5, 5.41) is 24.9. The number of imidazole rings is 1. The molecule has 2 aromatic carbocycles. The molecule has 0 saturated heterocycles. The lowest BCUT2D eigenvalue weighted by atomic mass is 9.82. The highest BCUT2D eigenvalue weighted by Gasteiger charge is 2.37. The first kappa shape index (κ1) is 20.1. The highest BCUT2D eigenvalue weighted by molar-refractivity contribution is 5.61. The number of aliphatic hydroxyl groups excluding tert-OH is 1. The van der Waals surface area contributed by atoms with E-state index in [1.165, 1.54) is 18.3 Å². The van der Waals surface area contributed by atoms with E-state index < -0.39 is 11.2 Å². The molecule has 0 spiro atoms. The molecule has 3 heterocycles. The standard InChI is InChI=1S/C24H21FN4O3/c1-14-4-2-3-5-18(14)21(15-6-8-16(25)9-7-15)19-12-28-17(13-30)10-26-24(28)22-23(32)20(31)11-27-29(19)22/h2-11,19,21,30,32H,12-13H2,1H3/t19-,21?/m1/s1. The van der Waals surface area contributed by atoms with Gasteiger partial charge in [0.05, 0.1) is 30.7 Å². The number of benzene rings is 2. The van der Waals surface area contributed by atoms with E-state index in [1.54, 1.807) is 21.4 Å². The molecule has 0 saturated carbocycles. The highest BCUT2D eigenvalue weighted by atomic mass is 19.1. The molecule has 8 heteroatoms. The Morgan fingerprint density at radius 2 is 1.91 bits per heavy atom. The minimum atomic E-state index is -0.605. The third kappa shape index (κ3) is 3.11. The summed E-state index contributed by atoms with van der Waals surface area (Å²) < 4.78 is 17.2. The molecule has 0 fully saturated rings. The summed E-state index contributed by atoms with van der Waals surface area (Å²) in [5.41, 5.74) is 3.09. The smallest absolute Gasteiger partial charge is 0.242 e. The van der Waals surface area contributed by atoms with Crippen LogP contribution in [0.4, 0.5) is 4.39 Å². The molecule has 0 radical (unpaired) electrons. The van der Waals surface area contributed by atoms with Crippen LogP contribution in [0.25, 0.3) is 11.5 Å². The maximum absolute atomic E-state index is 13.7. The minimum absolute atomic E-state index is 0.203. The van der Waals surface area contributed by atoms with Gasteiger partial charge in [-0.2, -0.15) is 5.10 Å². The van der Waals surface area contributed by atoms with Gasteiger partial charge in [0, 0.05) is 12.5 Å². The molecule has 2 aromatic heterocycles. The number of aryl methyl sites for hydroxylation is 1. The first-order valence-electron chi connectivity index (χ1n) is 10.3. The first-order chi connectivity index (χ1) is 15.5. The molecule has 1 aliphatic rings. The summed E-state index contributed by atoms with van der Waals surface area (Å²) in [7, 11) is 0. The van der Waals surface area contributed by atoms with Crippen molar-refractivity contribution in [3.63, 3.8) is 0 Å². The second kappa shape index (κ2) is 7.72. The summed E-state index contributed by atoms with van der Waals surface area (Å²) in [5.74, 6) is -0.674. The number of aromatic nitrogens is 4. The van der Waals surface area contributed by atoms with E-state index in [2.05, 4.69) is 10.1 Å². The molecule has 1 unspecified atom stereocenters. The SMILES string of the molecule is Cc1ccccc1C(c1ccc(F)cc1)[C@H]1Cn2c(CO)cnc2-c2c(O)c(=O)cnn21. The number of aliphatic hydroxyl groups is 1. The second-order valence-corrected chi connectivity index (χ2v) is 7.95. The lowest BCUT2D eigenvalue weighted by molar-refractivity contribution is 0.260. The molecule has 2 atom stereocenters. The number of rotatable bonds is 4. The monoisotopic (exact) mass is 432 g/mol. The van der Waals surface area contributed by atoms with Gasteiger partial charge in [0.2, 0.25) is 5.43 Å². The van der Waals surface area contributed by atoms with E-state index in [0.29, 0.717) is 18.1 Å². The van der Waals surface area contributed by atoms with Crippen LogP contribution in [0.15, 0.2) is 65.7 Å². The molecule has 7 nitrogen and oxygen atoms in total. The van der Waals surface area contributed by atoms with Gasteiger partial charge in [-0.1, -0.05) is 36.4 Å². The number of hydrogen-bond donors (Lipinski definition) is 2. The molecule has 1 aliphatic heterocycles. The zero-order valence-electron chi connectivity index (χ0n) is 17.3. The number of nitrogens with zero attached hydrogens (tertiary/aromatic N) is 4. The van der Waals surface area contributed by atoms with Crippen LogP contribution in [0.1, 0.15) is 34.3 Å². The van der Waals surface area contributed by atoms with Gasteiger partial charge >= 0.3 is 0 Å². The third-order valence-corrected chi connectivity index (χ3v) is 6.12. The molecule has 162 valence electrons. The van der Waals surface area contributed by atoms with Gasteiger partial charge < -0.3 is 14.8 Å². The van der Waals surface area contributed by atoms with E-state index in [1.807, 2.05) is 31.2 Å². The summed E-state index contributed by atoms with van der Waals surface area (Å²) in [6, 6.07) is 13.9. The maximum Gasteiger partial charge on any atom is 0.242 e. The number of halogens is 1. The quantitative estimate of drug-likeness (QED) is 0.517. The largest absolute Gasteiger partial charge is 0.503 e. The minimum Gasteiger partial charge on any atom is -0.503 e. The van der Waals surface area contributed by atoms with Gasteiger partial charge in [-0.25, -0.2) is 9.37 Å². The van der Waals surface area contributed by atoms with Crippen LogP contribution in [0.5, 0.6) is 5.75 Å². The van der Waals surface area contributed by atoms with Crippen LogP contribution in [-0.4, -0.2) is 29.5 Å². The summed E-state index contributed by atoms with van der Waals surface area (Å²) >= 11 is 0. The zero-order valence-corrected chi connectivity index (χ0v) is 17.3. The van der Waals surface area contributed by atoms with Crippen molar-refractivity contribution in [1.29, 1.82) is 0 Å². The Morgan fingerprint density at radius 3 is 2.62 bits per heavy atom. The average molecular weight is 432 g/mol. The lowest BCUT2D eigenvalue weighted by Crippen LogP contribution is -2.33. The summed E-state index contributed by atoms with van der Waals surface area (Å²) in [4.78, 5) is 16.6. The number of fused-ring (bicyclic) bond motifs is 3. The molecule has 32 heavy (non-hydrogen) atoms. The van der Waals surface area contributed by atoms with Gasteiger partial charge in [0.25, 0.3) is 0 Å². The van der Waals surface area contributed by atoms with Crippen LogP contribution in [0.3, 0.4) is 0 Å². The Hall–Kier alpha value is -3.78. The molecule has 0 aliphatic carbocycles. The predicted octanol–water partition coefficient (Wildman–Crippen LogP) is 3.14. The number of aromatic hydroxyl groups is 1. The van der Waals surface area contributed by atoms with Gasteiger partial charge in [-0.3, -0.25) is 9.48 Å². The Morgan fingerprint density at radius 1 is 1.16 bits per heavy atom. The fourth-order valence-corrected chi connectivity index (χ4v) is 4.57. The van der Waals surface area contributed by atoms with Crippen LogP contribution in [0, 0.1) is 12.7 Å². The average Bonchev–Trinajstić information content (AvgIpc) is 3.21. The van der Waals surface area contributed by atoms with Gasteiger partial charge in [-0.05, 0) is 35.7 Å². The van der Waals surface area contributed by atoms with Gasteiger partial charge in [0.15, 0.2) is 11.6 Å². The third-order valence-electron chi connectivity index (χ3n) is 6.12. The summed E-state index contributed by atoms with van der Waals surface area (Å²) in [6.45, 7) is 2.16. The molecular weight excluding hydrogens is 411 g/mol. The van der Waals surface area contributed by atoms with Crippen molar-refractivity contribution < 1.29 is 14.6 Å². The van der Waals surface area contributed by atoms with Crippen LogP contribution < -0.4 is 5.43 Å². The Labute approximate surface area is 183 Å². The maximum atomic E-state index is 13.7. The van der Waals surface area contributed by atoms with E-state index >= 15 is 0 Å². The second-order valence-electron chi connectivity index (χ2n) is 7.95.